The Labute approximate surface area is 165 Å². The fourth-order valence-electron chi connectivity index (χ4n) is 2.39. The van der Waals surface area contributed by atoms with E-state index in [9.17, 15) is 9.59 Å². The molecule has 1 heterocycles. The Kier molecular flexibility index (Phi) is 6.08. The van der Waals surface area contributed by atoms with Gasteiger partial charge in [-0.25, -0.2) is 0 Å². The molecule has 140 valence electrons. The minimum atomic E-state index is -0.377. The smallest absolute Gasteiger partial charge is 0.237 e. The number of carbonyl (C=O) groups excluding carboxylic acids is 2. The van der Waals surface area contributed by atoms with E-state index in [0.29, 0.717) is 27.1 Å². The van der Waals surface area contributed by atoms with Crippen molar-refractivity contribution < 1.29 is 9.59 Å². The van der Waals surface area contributed by atoms with Gasteiger partial charge in [-0.05, 0) is 44.0 Å². The van der Waals surface area contributed by atoms with Crippen molar-refractivity contribution in [2.75, 3.05) is 10.2 Å². The van der Waals surface area contributed by atoms with E-state index in [2.05, 4.69) is 15.5 Å². The lowest BCUT2D eigenvalue weighted by molar-refractivity contribution is -0.118. The zero-order chi connectivity index (χ0) is 19.4. The molecule has 1 saturated carbocycles. The molecule has 3 rings (SSSR count). The molecular weight excluding hydrogens is 382 g/mol. The molecule has 1 aromatic carbocycles. The lowest BCUT2D eigenvalue weighted by Crippen LogP contribution is -2.32. The minimum absolute atomic E-state index is 0.0526. The van der Waals surface area contributed by atoms with Crippen LogP contribution in [-0.4, -0.2) is 33.3 Å². The van der Waals surface area contributed by atoms with Gasteiger partial charge in [-0.1, -0.05) is 30.0 Å². The van der Waals surface area contributed by atoms with Gasteiger partial charge in [0.2, 0.25) is 16.9 Å². The van der Waals surface area contributed by atoms with Gasteiger partial charge in [0.1, 0.15) is 0 Å². The first kappa shape index (κ1) is 19.3. The van der Waals surface area contributed by atoms with Crippen LogP contribution >= 0.6 is 23.1 Å². The van der Waals surface area contributed by atoms with Crippen LogP contribution in [0.5, 0.6) is 0 Å². The molecule has 1 N–H and O–H groups in total. The zero-order valence-electron chi connectivity index (χ0n) is 15.0. The summed E-state index contributed by atoms with van der Waals surface area (Å²) < 4.78 is 0.655. The number of amides is 2. The molecule has 2 aromatic rings. The molecule has 7 nitrogen and oxygen atoms in total. The van der Waals surface area contributed by atoms with Crippen molar-refractivity contribution in [2.24, 2.45) is 0 Å². The third kappa shape index (κ3) is 4.84. The molecule has 9 heteroatoms. The van der Waals surface area contributed by atoms with Gasteiger partial charge in [0, 0.05) is 18.2 Å². The highest BCUT2D eigenvalue weighted by Crippen LogP contribution is 2.37. The second-order valence-electron chi connectivity index (χ2n) is 6.14. The maximum absolute atomic E-state index is 12.4. The van der Waals surface area contributed by atoms with Crippen LogP contribution in [0, 0.1) is 11.3 Å². The highest BCUT2D eigenvalue weighted by Gasteiger charge is 2.35. The number of aromatic nitrogens is 2. The summed E-state index contributed by atoms with van der Waals surface area (Å²) >= 11 is 2.65. The van der Waals surface area contributed by atoms with E-state index in [1.54, 1.807) is 36.1 Å². The van der Waals surface area contributed by atoms with Crippen LogP contribution in [0.2, 0.25) is 0 Å². The van der Waals surface area contributed by atoms with Gasteiger partial charge in [0.15, 0.2) is 4.34 Å². The Balaban J connectivity index is 1.61. The summed E-state index contributed by atoms with van der Waals surface area (Å²) in [6, 6.07) is 8.98. The average molecular weight is 402 g/mol. The van der Waals surface area contributed by atoms with E-state index in [-0.39, 0.29) is 23.1 Å². The quantitative estimate of drug-likeness (QED) is 0.564. The summed E-state index contributed by atoms with van der Waals surface area (Å²) in [6.07, 6.45) is 2.43. The van der Waals surface area contributed by atoms with Crippen LogP contribution in [0.1, 0.15) is 38.7 Å². The number of nitrogens with zero attached hydrogens (tertiary/aromatic N) is 4. The monoisotopic (exact) mass is 401 g/mol. The van der Waals surface area contributed by atoms with Crippen molar-refractivity contribution in [1.29, 1.82) is 5.26 Å². The number of hydrogen-bond acceptors (Lipinski definition) is 7. The fourth-order valence-corrected chi connectivity index (χ4v) is 4.47. The number of thioether (sulfide) groups is 1. The van der Waals surface area contributed by atoms with Crippen molar-refractivity contribution in [3.63, 3.8) is 0 Å². The Morgan fingerprint density at radius 1 is 1.37 bits per heavy atom. The van der Waals surface area contributed by atoms with Crippen LogP contribution in [0.15, 0.2) is 28.6 Å². The lowest BCUT2D eigenvalue weighted by atomic mass is 10.2. The molecule has 27 heavy (non-hydrogen) atoms. The molecular formula is C18H19N5O2S2. The second kappa shape index (κ2) is 8.50. The summed E-state index contributed by atoms with van der Waals surface area (Å²) in [7, 11) is 0. The normalized spacial score (nSPS) is 14.3. The minimum Gasteiger partial charge on any atom is -0.325 e. The van der Waals surface area contributed by atoms with Crippen LogP contribution in [0.25, 0.3) is 0 Å². The third-order valence-electron chi connectivity index (χ3n) is 4.01. The summed E-state index contributed by atoms with van der Waals surface area (Å²) in [5, 5.41) is 20.2. The molecule has 0 aliphatic heterocycles. The maximum Gasteiger partial charge on any atom is 0.237 e. The first-order valence-electron chi connectivity index (χ1n) is 8.65. The summed E-state index contributed by atoms with van der Waals surface area (Å²) in [4.78, 5) is 26.3. The van der Waals surface area contributed by atoms with E-state index < -0.39 is 0 Å². The highest BCUT2D eigenvalue weighted by atomic mass is 32.2. The Hall–Kier alpha value is -2.44. The van der Waals surface area contributed by atoms with E-state index in [0.717, 1.165) is 12.8 Å². The largest absolute Gasteiger partial charge is 0.325 e. The molecule has 0 radical (unpaired) electrons. The number of benzene rings is 1. The Morgan fingerprint density at radius 3 is 2.67 bits per heavy atom. The van der Waals surface area contributed by atoms with Crippen molar-refractivity contribution in [3.05, 3.63) is 29.8 Å². The summed E-state index contributed by atoms with van der Waals surface area (Å²) in [5.41, 5.74) is 1.18. The number of carbonyl (C=O) groups is 2. The molecule has 2 amide bonds. The standard InChI is InChI=1S/C18H19N5O2S2/c1-3-15(24)23(14-8-9-14)17-21-22-18(27-17)26-11(2)16(25)20-13-6-4-12(10-19)5-7-13/h4-7,11,14H,3,8-9H2,1-2H3,(H,20,25)/t11-/m1/s1. The van der Waals surface area contributed by atoms with Gasteiger partial charge in [-0.15, -0.1) is 10.2 Å². The molecule has 0 spiro atoms. The average Bonchev–Trinajstić information content (AvgIpc) is 3.41. The second-order valence-corrected chi connectivity index (χ2v) is 8.68. The Bertz CT molecular complexity index is 871. The van der Waals surface area contributed by atoms with Crippen molar-refractivity contribution in [3.8, 4) is 6.07 Å². The van der Waals surface area contributed by atoms with Gasteiger partial charge in [-0.2, -0.15) is 5.26 Å². The summed E-state index contributed by atoms with van der Waals surface area (Å²) in [5.74, 6) is -0.109. The highest BCUT2D eigenvalue weighted by molar-refractivity contribution is 8.02. The van der Waals surface area contributed by atoms with Crippen molar-refractivity contribution in [1.82, 2.24) is 10.2 Å². The maximum atomic E-state index is 12.4. The third-order valence-corrected chi connectivity index (χ3v) is 6.12. The van der Waals surface area contributed by atoms with Crippen LogP contribution < -0.4 is 10.2 Å². The van der Waals surface area contributed by atoms with Crippen molar-refractivity contribution in [2.45, 2.75) is 48.7 Å². The van der Waals surface area contributed by atoms with Gasteiger partial charge < -0.3 is 5.32 Å². The Morgan fingerprint density at radius 2 is 2.07 bits per heavy atom. The first-order chi connectivity index (χ1) is 13.0. The van der Waals surface area contributed by atoms with E-state index in [1.165, 1.54) is 23.1 Å². The molecule has 1 atom stereocenters. The number of anilines is 2. The molecule has 1 aromatic heterocycles. The van der Waals surface area contributed by atoms with E-state index >= 15 is 0 Å². The number of nitrogens with one attached hydrogen (secondary N) is 1. The topological polar surface area (TPSA) is 99.0 Å². The molecule has 0 saturated heterocycles. The summed E-state index contributed by atoms with van der Waals surface area (Å²) in [6.45, 7) is 3.63. The SMILES string of the molecule is CCC(=O)N(c1nnc(S[C@H](C)C(=O)Nc2ccc(C#N)cc2)s1)C1CC1. The van der Waals surface area contributed by atoms with E-state index in [1.807, 2.05) is 13.0 Å². The fraction of sp³-hybridized carbons (Fsp3) is 0.389. The van der Waals surface area contributed by atoms with Crippen LogP contribution in [-0.2, 0) is 9.59 Å². The van der Waals surface area contributed by atoms with Crippen LogP contribution in [0.4, 0.5) is 10.8 Å². The first-order valence-corrected chi connectivity index (χ1v) is 10.3. The number of hydrogen-bond donors (Lipinski definition) is 1. The lowest BCUT2D eigenvalue weighted by Gasteiger charge is -2.17. The number of rotatable bonds is 7. The van der Waals surface area contributed by atoms with E-state index in [4.69, 9.17) is 5.26 Å². The molecule has 0 bridgehead atoms. The number of nitriles is 1. The van der Waals surface area contributed by atoms with Gasteiger partial charge in [-0.3, -0.25) is 14.5 Å². The molecule has 1 fully saturated rings. The molecule has 1 aliphatic rings. The van der Waals surface area contributed by atoms with Crippen molar-refractivity contribution >= 4 is 45.7 Å². The zero-order valence-corrected chi connectivity index (χ0v) is 16.6. The predicted molar refractivity (Wildman–Crippen MR) is 106 cm³/mol. The van der Waals surface area contributed by atoms with Gasteiger partial charge in [0.05, 0.1) is 16.9 Å². The van der Waals surface area contributed by atoms with Crippen LogP contribution in [0.3, 0.4) is 0 Å². The predicted octanol–water partition coefficient (Wildman–Crippen LogP) is 3.43. The van der Waals surface area contributed by atoms with Gasteiger partial charge in [0.25, 0.3) is 0 Å². The van der Waals surface area contributed by atoms with Gasteiger partial charge >= 0.3 is 0 Å². The molecule has 0 unspecified atom stereocenters. The molecule has 1 aliphatic carbocycles.